The Labute approximate surface area is 115 Å². The minimum atomic E-state index is 0. The predicted octanol–water partition coefficient (Wildman–Crippen LogP) is -3.11. The number of hydrogen-bond donors (Lipinski definition) is 0. The van der Waals surface area contributed by atoms with E-state index in [-0.39, 0.29) is 37.7 Å². The average molecular weight is 180 g/mol. The second-order valence-corrected chi connectivity index (χ2v) is 2.95. The minimum Gasteiger partial charge on any atom is -0.180 e. The van der Waals surface area contributed by atoms with Gasteiger partial charge in [0.25, 0.3) is 0 Å². The molecule has 64 valence electrons. The molecular weight excluding hydrogens is 170 g/mol. The van der Waals surface area contributed by atoms with E-state index in [4.69, 9.17) is 0 Å². The van der Waals surface area contributed by atoms with Gasteiger partial charge < -0.3 is 0 Å². The first-order valence-electron chi connectivity index (χ1n) is 4.36. The van der Waals surface area contributed by atoms with Crippen molar-refractivity contribution in [2.75, 3.05) is 0 Å². The van der Waals surface area contributed by atoms with Crippen LogP contribution in [0.2, 0.25) is 0 Å². The van der Waals surface area contributed by atoms with E-state index in [1.165, 1.54) is 11.1 Å². The maximum absolute atomic E-state index is 3.20. The average Bonchev–Trinajstić information content (AvgIpc) is 2.21. The zero-order chi connectivity index (χ0) is 8.93. The molecular formula is C13H10Li2. The van der Waals surface area contributed by atoms with Crippen molar-refractivity contribution in [2.45, 2.75) is 6.42 Å². The Kier molecular flexibility index (Phi) is 7.67. The fourth-order valence-electron chi connectivity index (χ4n) is 1.29. The van der Waals surface area contributed by atoms with Crippen molar-refractivity contribution in [3.8, 4) is 0 Å². The summed E-state index contributed by atoms with van der Waals surface area (Å²) in [6, 6.07) is 22.5. The molecule has 0 unspecified atom stereocenters. The van der Waals surface area contributed by atoms with Crippen LogP contribution in [-0.4, -0.2) is 0 Å². The summed E-state index contributed by atoms with van der Waals surface area (Å²) >= 11 is 0. The van der Waals surface area contributed by atoms with Gasteiger partial charge in [-0.3, -0.25) is 0 Å². The molecule has 0 bridgehead atoms. The fourth-order valence-corrected chi connectivity index (χ4v) is 1.29. The van der Waals surface area contributed by atoms with Crippen molar-refractivity contribution in [2.24, 2.45) is 0 Å². The molecule has 2 aromatic carbocycles. The third-order valence-electron chi connectivity index (χ3n) is 1.93. The summed E-state index contributed by atoms with van der Waals surface area (Å²) in [4.78, 5) is 0. The molecule has 0 radical (unpaired) electrons. The summed E-state index contributed by atoms with van der Waals surface area (Å²) in [6.07, 6.45) is 0.918. The largest absolute Gasteiger partial charge is 1.00 e. The number of rotatable bonds is 2. The Balaban J connectivity index is 0.000000980. The standard InChI is InChI=1S/C13H10.2Li/c1-3-7-12(8-4-1)11-13-9-5-2-6-10-13;;/h1-7,9H,11H2;;/q-2;2*+1. The molecule has 0 fully saturated rings. The van der Waals surface area contributed by atoms with Gasteiger partial charge in [-0.25, -0.2) is 0 Å². The molecule has 0 aliphatic heterocycles. The second-order valence-electron chi connectivity index (χ2n) is 2.95. The summed E-state index contributed by atoms with van der Waals surface area (Å²) in [6.45, 7) is 0. The molecule has 15 heavy (non-hydrogen) atoms. The molecule has 2 aromatic rings. The summed E-state index contributed by atoms with van der Waals surface area (Å²) < 4.78 is 0. The maximum atomic E-state index is 3.20. The van der Waals surface area contributed by atoms with Crippen LogP contribution in [0.1, 0.15) is 11.1 Å². The molecule has 0 aromatic heterocycles. The third-order valence-corrected chi connectivity index (χ3v) is 1.93. The van der Waals surface area contributed by atoms with Crippen LogP contribution in [-0.2, 0) is 6.42 Å². The van der Waals surface area contributed by atoms with Crippen LogP contribution in [0.3, 0.4) is 0 Å². The zero-order valence-corrected chi connectivity index (χ0v) is 9.33. The third kappa shape index (κ3) is 4.79. The summed E-state index contributed by atoms with van der Waals surface area (Å²) in [5.74, 6) is 0. The molecule has 2 rings (SSSR count). The van der Waals surface area contributed by atoms with Gasteiger partial charge in [0, 0.05) is 0 Å². The Morgan fingerprint density at radius 1 is 0.733 bits per heavy atom. The SMILES string of the molecule is [Li+].[Li+].[c-]1ccccc1Cc1[c-]cccc1. The quantitative estimate of drug-likeness (QED) is 0.339. The topological polar surface area (TPSA) is 0 Å². The van der Waals surface area contributed by atoms with Crippen LogP contribution >= 0.6 is 0 Å². The molecule has 0 nitrogen and oxygen atoms in total. The van der Waals surface area contributed by atoms with Crippen LogP contribution in [0, 0.1) is 12.1 Å². The maximum Gasteiger partial charge on any atom is 1.00 e. The fraction of sp³-hybridized carbons (Fsp3) is 0.0769. The Morgan fingerprint density at radius 3 is 1.53 bits per heavy atom. The summed E-state index contributed by atoms with van der Waals surface area (Å²) in [5.41, 5.74) is 2.43. The first-order valence-corrected chi connectivity index (χ1v) is 4.36. The van der Waals surface area contributed by atoms with Gasteiger partial charge in [-0.1, -0.05) is 0 Å². The normalized spacial score (nSPS) is 8.53. The molecule has 0 spiro atoms. The first-order chi connectivity index (χ1) is 6.45. The summed E-state index contributed by atoms with van der Waals surface area (Å²) in [7, 11) is 0. The minimum absolute atomic E-state index is 0. The van der Waals surface area contributed by atoms with Crippen LogP contribution in [0.4, 0.5) is 0 Å². The van der Waals surface area contributed by atoms with Crippen molar-refractivity contribution >= 4 is 0 Å². The van der Waals surface area contributed by atoms with Crippen molar-refractivity contribution in [1.29, 1.82) is 0 Å². The van der Waals surface area contributed by atoms with E-state index >= 15 is 0 Å². The number of hydrogen-bond acceptors (Lipinski definition) is 0. The molecule has 2 heteroatoms. The van der Waals surface area contributed by atoms with Crippen LogP contribution < -0.4 is 37.7 Å². The van der Waals surface area contributed by atoms with Crippen LogP contribution in [0.5, 0.6) is 0 Å². The molecule has 0 aliphatic carbocycles. The van der Waals surface area contributed by atoms with E-state index in [2.05, 4.69) is 24.3 Å². The van der Waals surface area contributed by atoms with Gasteiger partial charge in [-0.2, -0.15) is 71.8 Å². The van der Waals surface area contributed by atoms with E-state index in [0.29, 0.717) is 0 Å². The van der Waals surface area contributed by atoms with Crippen LogP contribution in [0.15, 0.2) is 48.5 Å². The van der Waals surface area contributed by atoms with Gasteiger partial charge in [0.15, 0.2) is 0 Å². The summed E-state index contributed by atoms with van der Waals surface area (Å²) in [5, 5.41) is 0. The smallest absolute Gasteiger partial charge is 0.180 e. The van der Waals surface area contributed by atoms with Gasteiger partial charge >= 0.3 is 37.7 Å². The molecule has 0 aliphatic rings. The van der Waals surface area contributed by atoms with Crippen molar-refractivity contribution in [1.82, 2.24) is 0 Å². The van der Waals surface area contributed by atoms with E-state index < -0.39 is 0 Å². The van der Waals surface area contributed by atoms with Gasteiger partial charge in [0.2, 0.25) is 0 Å². The van der Waals surface area contributed by atoms with Crippen LogP contribution in [0.25, 0.3) is 0 Å². The van der Waals surface area contributed by atoms with E-state index in [1.54, 1.807) is 0 Å². The molecule has 0 saturated carbocycles. The molecule has 0 amide bonds. The van der Waals surface area contributed by atoms with Crippen molar-refractivity contribution in [3.63, 3.8) is 0 Å². The van der Waals surface area contributed by atoms with E-state index in [0.717, 1.165) is 6.42 Å². The molecule has 0 saturated heterocycles. The number of benzene rings is 2. The van der Waals surface area contributed by atoms with Crippen molar-refractivity contribution in [3.05, 3.63) is 71.8 Å². The molecule has 0 heterocycles. The monoisotopic (exact) mass is 180 g/mol. The van der Waals surface area contributed by atoms with E-state index in [9.17, 15) is 0 Å². The Hall–Kier alpha value is -0.365. The van der Waals surface area contributed by atoms with Gasteiger partial charge in [-0.05, 0) is 6.42 Å². The zero-order valence-electron chi connectivity index (χ0n) is 9.33. The predicted molar refractivity (Wildman–Crippen MR) is 53.4 cm³/mol. The molecule has 0 N–H and O–H groups in total. The first kappa shape index (κ1) is 14.6. The Bertz CT molecular complexity index is 319. The van der Waals surface area contributed by atoms with Crippen molar-refractivity contribution < 1.29 is 37.7 Å². The van der Waals surface area contributed by atoms with Gasteiger partial charge in [0.1, 0.15) is 0 Å². The van der Waals surface area contributed by atoms with Gasteiger partial charge in [-0.15, -0.1) is 0 Å². The molecule has 0 atom stereocenters. The van der Waals surface area contributed by atoms with Gasteiger partial charge in [0.05, 0.1) is 0 Å². The Morgan fingerprint density at radius 2 is 1.20 bits per heavy atom. The van der Waals surface area contributed by atoms with E-state index in [1.807, 2.05) is 36.4 Å². The second kappa shape index (κ2) is 7.87.